The number of hydrogen-bond acceptors (Lipinski definition) is 2. The number of nitrogens with one attached hydrogen (secondary N) is 2. The Kier molecular flexibility index (Phi) is 5.51. The number of anilines is 2. The molecule has 0 saturated carbocycles. The minimum atomic E-state index is -0.251. The molecule has 0 aromatic heterocycles. The molecular formula is C20H19ClN2O2. The molecule has 2 aromatic rings. The molecule has 1 aliphatic carbocycles. The minimum absolute atomic E-state index is 0.0162. The zero-order chi connectivity index (χ0) is 17.6. The highest BCUT2D eigenvalue weighted by atomic mass is 35.5. The summed E-state index contributed by atoms with van der Waals surface area (Å²) in [5.41, 5.74) is 1.68. The Morgan fingerprint density at radius 1 is 0.920 bits per heavy atom. The van der Waals surface area contributed by atoms with Gasteiger partial charge in [0.05, 0.1) is 11.4 Å². The molecule has 25 heavy (non-hydrogen) atoms. The van der Waals surface area contributed by atoms with Crippen LogP contribution in [0, 0.1) is 5.92 Å². The number of carbonyl (C=O) groups excluding carboxylic acids is 2. The van der Waals surface area contributed by atoms with Crippen LogP contribution in [0.15, 0.2) is 60.7 Å². The van der Waals surface area contributed by atoms with E-state index >= 15 is 0 Å². The van der Waals surface area contributed by atoms with E-state index in [4.69, 9.17) is 11.6 Å². The fourth-order valence-corrected chi connectivity index (χ4v) is 2.89. The maximum atomic E-state index is 12.4. The number of hydrogen-bond donors (Lipinski definition) is 2. The van der Waals surface area contributed by atoms with E-state index in [1.165, 1.54) is 0 Å². The van der Waals surface area contributed by atoms with Gasteiger partial charge in [0.25, 0.3) is 5.91 Å². The van der Waals surface area contributed by atoms with Gasteiger partial charge in [-0.3, -0.25) is 9.59 Å². The van der Waals surface area contributed by atoms with Crippen molar-refractivity contribution in [3.8, 4) is 0 Å². The Hall–Kier alpha value is -2.59. The van der Waals surface area contributed by atoms with Gasteiger partial charge in [-0.25, -0.2) is 0 Å². The molecule has 1 aliphatic rings. The van der Waals surface area contributed by atoms with Crippen molar-refractivity contribution < 1.29 is 9.59 Å². The summed E-state index contributed by atoms with van der Waals surface area (Å²) in [5, 5.41) is 6.36. The SMILES string of the molecule is O=C(Nc1ccccc1NC(=O)C1CC=CCC1)c1ccc(Cl)cc1. The highest BCUT2D eigenvalue weighted by Crippen LogP contribution is 2.25. The van der Waals surface area contributed by atoms with Crippen LogP contribution < -0.4 is 10.6 Å². The quantitative estimate of drug-likeness (QED) is 0.768. The maximum absolute atomic E-state index is 12.4. The predicted octanol–water partition coefficient (Wildman–Crippen LogP) is 4.89. The Bertz CT molecular complexity index is 800. The molecule has 1 atom stereocenters. The molecular weight excluding hydrogens is 336 g/mol. The van der Waals surface area contributed by atoms with E-state index in [2.05, 4.69) is 16.7 Å². The second-order valence-corrected chi connectivity index (χ2v) is 6.41. The van der Waals surface area contributed by atoms with Gasteiger partial charge in [0.1, 0.15) is 0 Å². The van der Waals surface area contributed by atoms with Crippen LogP contribution in [0.3, 0.4) is 0 Å². The van der Waals surface area contributed by atoms with Crippen LogP contribution in [0.4, 0.5) is 11.4 Å². The van der Waals surface area contributed by atoms with Crippen LogP contribution in [-0.2, 0) is 4.79 Å². The van der Waals surface area contributed by atoms with Gasteiger partial charge in [0.15, 0.2) is 0 Å². The minimum Gasteiger partial charge on any atom is -0.324 e. The second-order valence-electron chi connectivity index (χ2n) is 5.98. The van der Waals surface area contributed by atoms with E-state index in [1.54, 1.807) is 36.4 Å². The van der Waals surface area contributed by atoms with E-state index in [0.717, 1.165) is 19.3 Å². The lowest BCUT2D eigenvalue weighted by atomic mass is 9.93. The summed E-state index contributed by atoms with van der Waals surface area (Å²) in [4.78, 5) is 24.8. The summed E-state index contributed by atoms with van der Waals surface area (Å²) in [6.07, 6.45) is 6.67. The molecule has 5 heteroatoms. The van der Waals surface area contributed by atoms with Crippen LogP contribution in [0.2, 0.25) is 5.02 Å². The van der Waals surface area contributed by atoms with Crippen LogP contribution in [-0.4, -0.2) is 11.8 Å². The van der Waals surface area contributed by atoms with Crippen molar-refractivity contribution >= 4 is 34.8 Å². The third kappa shape index (κ3) is 4.48. The fourth-order valence-electron chi connectivity index (χ4n) is 2.76. The third-order valence-electron chi connectivity index (χ3n) is 4.18. The molecule has 0 bridgehead atoms. The van der Waals surface area contributed by atoms with Crippen molar-refractivity contribution in [1.29, 1.82) is 0 Å². The van der Waals surface area contributed by atoms with Gasteiger partial charge >= 0.3 is 0 Å². The fraction of sp³-hybridized carbons (Fsp3) is 0.200. The number of halogens is 1. The van der Waals surface area contributed by atoms with Gasteiger partial charge in [0, 0.05) is 16.5 Å². The highest BCUT2D eigenvalue weighted by Gasteiger charge is 2.20. The Morgan fingerprint density at radius 2 is 1.60 bits per heavy atom. The predicted molar refractivity (Wildman–Crippen MR) is 101 cm³/mol. The number of benzene rings is 2. The molecule has 0 saturated heterocycles. The highest BCUT2D eigenvalue weighted by molar-refractivity contribution is 6.30. The van der Waals surface area contributed by atoms with Gasteiger partial charge in [-0.15, -0.1) is 0 Å². The van der Waals surface area contributed by atoms with Crippen LogP contribution in [0.25, 0.3) is 0 Å². The lowest BCUT2D eigenvalue weighted by molar-refractivity contribution is -0.120. The molecule has 2 aromatic carbocycles. The first-order valence-corrected chi connectivity index (χ1v) is 8.63. The lowest BCUT2D eigenvalue weighted by Crippen LogP contribution is -2.24. The molecule has 2 N–H and O–H groups in total. The van der Waals surface area contributed by atoms with Crippen molar-refractivity contribution in [2.24, 2.45) is 5.92 Å². The van der Waals surface area contributed by atoms with E-state index in [-0.39, 0.29) is 17.7 Å². The first-order chi connectivity index (χ1) is 12.1. The molecule has 128 valence electrons. The summed E-state index contributed by atoms with van der Waals surface area (Å²) < 4.78 is 0. The largest absolute Gasteiger partial charge is 0.324 e. The van der Waals surface area contributed by atoms with Gasteiger partial charge in [-0.2, -0.15) is 0 Å². The Labute approximate surface area is 151 Å². The zero-order valence-corrected chi connectivity index (χ0v) is 14.4. The molecule has 1 unspecified atom stereocenters. The van der Waals surface area contributed by atoms with Gasteiger partial charge in [-0.1, -0.05) is 35.9 Å². The van der Waals surface area contributed by atoms with E-state index in [9.17, 15) is 9.59 Å². The smallest absolute Gasteiger partial charge is 0.255 e. The number of allylic oxidation sites excluding steroid dienone is 2. The van der Waals surface area contributed by atoms with Crippen molar-refractivity contribution in [1.82, 2.24) is 0 Å². The van der Waals surface area contributed by atoms with Crippen LogP contribution in [0.5, 0.6) is 0 Å². The first-order valence-electron chi connectivity index (χ1n) is 8.25. The average Bonchev–Trinajstić information content (AvgIpc) is 2.64. The van der Waals surface area contributed by atoms with E-state index in [1.807, 2.05) is 18.2 Å². The van der Waals surface area contributed by atoms with Gasteiger partial charge < -0.3 is 10.6 Å². The summed E-state index contributed by atoms with van der Waals surface area (Å²) in [6.45, 7) is 0. The average molecular weight is 355 g/mol. The molecule has 2 amide bonds. The maximum Gasteiger partial charge on any atom is 0.255 e. The number of para-hydroxylation sites is 2. The second kappa shape index (κ2) is 7.99. The van der Waals surface area contributed by atoms with Crippen LogP contribution >= 0.6 is 11.6 Å². The molecule has 0 spiro atoms. The summed E-state index contributed by atoms with van der Waals surface area (Å²) in [5.74, 6) is -0.290. The van der Waals surface area contributed by atoms with Crippen molar-refractivity contribution in [3.63, 3.8) is 0 Å². The summed E-state index contributed by atoms with van der Waals surface area (Å²) in [6, 6.07) is 13.9. The molecule has 0 radical (unpaired) electrons. The zero-order valence-electron chi connectivity index (χ0n) is 13.7. The standard InChI is InChI=1S/C20H19ClN2O2/c21-16-12-10-15(11-13-16)20(25)23-18-9-5-4-8-17(18)22-19(24)14-6-2-1-3-7-14/h1-2,4-5,8-14H,3,6-7H2,(H,22,24)(H,23,25). The van der Waals surface area contributed by atoms with E-state index < -0.39 is 0 Å². The normalized spacial score (nSPS) is 16.3. The van der Waals surface area contributed by atoms with E-state index in [0.29, 0.717) is 22.0 Å². The van der Waals surface area contributed by atoms with Crippen LogP contribution in [0.1, 0.15) is 29.6 Å². The monoisotopic (exact) mass is 354 g/mol. The molecule has 3 rings (SSSR count). The number of amides is 2. The van der Waals surface area contributed by atoms with Gasteiger partial charge in [0.2, 0.25) is 5.91 Å². The Morgan fingerprint density at radius 3 is 2.24 bits per heavy atom. The topological polar surface area (TPSA) is 58.2 Å². The van der Waals surface area contributed by atoms with Crippen molar-refractivity contribution in [2.75, 3.05) is 10.6 Å². The summed E-state index contributed by atoms with van der Waals surface area (Å²) >= 11 is 5.85. The molecule has 4 nitrogen and oxygen atoms in total. The number of carbonyl (C=O) groups is 2. The lowest BCUT2D eigenvalue weighted by Gasteiger charge is -2.19. The molecule has 0 aliphatic heterocycles. The third-order valence-corrected chi connectivity index (χ3v) is 4.43. The molecule has 0 fully saturated rings. The van der Waals surface area contributed by atoms with Crippen molar-refractivity contribution in [3.05, 3.63) is 71.3 Å². The number of rotatable bonds is 4. The summed E-state index contributed by atoms with van der Waals surface area (Å²) in [7, 11) is 0. The first kappa shape index (κ1) is 17.2. The van der Waals surface area contributed by atoms with Crippen molar-refractivity contribution in [2.45, 2.75) is 19.3 Å². The van der Waals surface area contributed by atoms with Gasteiger partial charge in [-0.05, 0) is 55.7 Å². The molecule has 0 heterocycles. The Balaban J connectivity index is 1.72.